The van der Waals surface area contributed by atoms with Crippen LogP contribution in [0.2, 0.25) is 0 Å². The van der Waals surface area contributed by atoms with Crippen LogP contribution in [-0.4, -0.2) is 80.8 Å². The number of ether oxygens (including phenoxy) is 3. The summed E-state index contributed by atoms with van der Waals surface area (Å²) in [4.78, 5) is 29.2. The molecule has 4 atom stereocenters. The second-order valence-corrected chi connectivity index (χ2v) is 8.41. The molecule has 0 radical (unpaired) electrons. The third-order valence-electron chi connectivity index (χ3n) is 6.04. The summed E-state index contributed by atoms with van der Waals surface area (Å²) in [6.07, 6.45) is 2.07. The van der Waals surface area contributed by atoms with Crippen LogP contribution in [0.1, 0.15) is 42.1 Å². The van der Waals surface area contributed by atoms with Gasteiger partial charge in [-0.05, 0) is 31.0 Å². The van der Waals surface area contributed by atoms with Crippen molar-refractivity contribution in [3.63, 3.8) is 0 Å². The topological polar surface area (TPSA) is 92.1 Å². The van der Waals surface area contributed by atoms with Crippen LogP contribution >= 0.6 is 0 Å². The molecule has 2 heterocycles. The van der Waals surface area contributed by atoms with E-state index in [2.05, 4.69) is 6.07 Å². The molecule has 0 aromatic heterocycles. The zero-order valence-corrected chi connectivity index (χ0v) is 18.7. The molecular weight excluding hydrogens is 398 g/mol. The minimum atomic E-state index is -0.395. The van der Waals surface area contributed by atoms with Gasteiger partial charge in [0.2, 0.25) is 5.91 Å². The number of amides is 2. The summed E-state index contributed by atoms with van der Waals surface area (Å²) in [5.74, 6) is -0.298. The number of nitriles is 1. The minimum Gasteiger partial charge on any atom is -0.493 e. The van der Waals surface area contributed by atoms with Crippen LogP contribution in [0.4, 0.5) is 0 Å². The zero-order chi connectivity index (χ0) is 22.5. The van der Waals surface area contributed by atoms with Crippen LogP contribution in [0.15, 0.2) is 18.2 Å². The molecular formula is C23H31N3O5. The zero-order valence-electron chi connectivity index (χ0n) is 18.7. The van der Waals surface area contributed by atoms with Crippen LogP contribution in [0.3, 0.4) is 0 Å². The average molecular weight is 430 g/mol. The predicted octanol–water partition coefficient (Wildman–Crippen LogP) is 2.07. The third kappa shape index (κ3) is 5.35. The normalized spacial score (nSPS) is 28.1. The second-order valence-electron chi connectivity index (χ2n) is 8.41. The first-order valence-corrected chi connectivity index (χ1v) is 10.7. The molecule has 1 aromatic rings. The summed E-state index contributed by atoms with van der Waals surface area (Å²) in [6, 6.07) is 6.90. The van der Waals surface area contributed by atoms with Gasteiger partial charge in [0.15, 0.2) is 0 Å². The Morgan fingerprint density at radius 1 is 1.13 bits per heavy atom. The molecule has 8 nitrogen and oxygen atoms in total. The van der Waals surface area contributed by atoms with Gasteiger partial charge in [-0.15, -0.1) is 0 Å². The number of hydrogen-bond donors (Lipinski definition) is 0. The van der Waals surface area contributed by atoms with Crippen molar-refractivity contribution < 1.29 is 23.8 Å². The SMILES string of the molecule is CO[C@@H]1CC[C@@H]2CCOc3ccc(C#N)cc3C(=O)N(C)C[C@H](C)C(=O)N(C)C[C@@H]1O2. The van der Waals surface area contributed by atoms with Crippen molar-refractivity contribution in [1.82, 2.24) is 9.80 Å². The van der Waals surface area contributed by atoms with E-state index in [0.717, 1.165) is 12.8 Å². The Bertz CT molecular complexity index is 852. The molecule has 1 fully saturated rings. The van der Waals surface area contributed by atoms with Crippen LogP contribution in [0.25, 0.3) is 0 Å². The Morgan fingerprint density at radius 3 is 2.61 bits per heavy atom. The number of carbonyl (C=O) groups excluding carboxylic acids is 2. The number of benzene rings is 1. The Balaban J connectivity index is 1.90. The fourth-order valence-electron chi connectivity index (χ4n) is 4.29. The maximum Gasteiger partial charge on any atom is 0.257 e. The van der Waals surface area contributed by atoms with Crippen molar-refractivity contribution in [2.24, 2.45) is 5.92 Å². The van der Waals surface area contributed by atoms with Gasteiger partial charge in [0, 0.05) is 40.7 Å². The molecule has 1 saturated heterocycles. The van der Waals surface area contributed by atoms with Gasteiger partial charge in [0.05, 0.1) is 41.9 Å². The number of likely N-dealkylation sites (N-methyl/N-ethyl adjacent to an activating group) is 1. The van der Waals surface area contributed by atoms with E-state index in [4.69, 9.17) is 14.2 Å². The average Bonchev–Trinajstić information content (AvgIpc) is 2.77. The van der Waals surface area contributed by atoms with Gasteiger partial charge in [-0.25, -0.2) is 0 Å². The third-order valence-corrected chi connectivity index (χ3v) is 6.04. The molecule has 1 aromatic carbocycles. The van der Waals surface area contributed by atoms with Gasteiger partial charge in [-0.2, -0.15) is 5.26 Å². The van der Waals surface area contributed by atoms with E-state index >= 15 is 0 Å². The fourth-order valence-corrected chi connectivity index (χ4v) is 4.29. The standard InChI is InChI=1S/C23H31N3O5/c1-15-13-25(2)23(28)18-11-16(12-24)5-7-19(18)30-10-9-17-6-8-20(29-4)21(31-17)14-26(3)22(15)27/h5,7,11,15,17,20-21H,6,8-10,13-14H2,1-4H3/t15-,17+,20+,21-/m0/s1. The maximum absolute atomic E-state index is 13.1. The maximum atomic E-state index is 13.1. The van der Waals surface area contributed by atoms with Crippen LogP contribution in [0.5, 0.6) is 5.75 Å². The Labute approximate surface area is 183 Å². The summed E-state index contributed by atoms with van der Waals surface area (Å²) in [7, 11) is 5.09. The number of rotatable bonds is 1. The molecule has 0 aliphatic carbocycles. The molecule has 0 unspecified atom stereocenters. The first-order chi connectivity index (χ1) is 14.8. The molecule has 0 N–H and O–H groups in total. The highest BCUT2D eigenvalue weighted by molar-refractivity contribution is 5.97. The molecule has 8 heteroatoms. The number of methoxy groups -OCH3 is 1. The second kappa shape index (κ2) is 10.1. The molecule has 2 aliphatic heterocycles. The van der Waals surface area contributed by atoms with Crippen molar-refractivity contribution >= 4 is 11.8 Å². The lowest BCUT2D eigenvalue weighted by Crippen LogP contribution is -2.49. The molecule has 3 rings (SSSR count). The molecule has 2 amide bonds. The monoisotopic (exact) mass is 429 g/mol. The van der Waals surface area contributed by atoms with E-state index in [1.165, 1.54) is 4.90 Å². The predicted molar refractivity (Wildman–Crippen MR) is 114 cm³/mol. The first kappa shape index (κ1) is 23.0. The van der Waals surface area contributed by atoms with E-state index in [9.17, 15) is 14.9 Å². The van der Waals surface area contributed by atoms with E-state index in [-0.39, 0.29) is 36.7 Å². The summed E-state index contributed by atoms with van der Waals surface area (Å²) >= 11 is 0. The molecule has 2 aliphatic rings. The van der Waals surface area contributed by atoms with Crippen LogP contribution < -0.4 is 4.74 Å². The minimum absolute atomic E-state index is 0.0114. The van der Waals surface area contributed by atoms with Gasteiger partial charge in [-0.3, -0.25) is 9.59 Å². The van der Waals surface area contributed by atoms with E-state index in [1.54, 1.807) is 44.3 Å². The lowest BCUT2D eigenvalue weighted by atomic mass is 9.98. The van der Waals surface area contributed by atoms with Crippen LogP contribution in [0, 0.1) is 17.2 Å². The highest BCUT2D eigenvalue weighted by atomic mass is 16.5. The van der Waals surface area contributed by atoms with Crippen molar-refractivity contribution in [3.05, 3.63) is 29.3 Å². The Morgan fingerprint density at radius 2 is 1.90 bits per heavy atom. The van der Waals surface area contributed by atoms with Gasteiger partial charge in [0.1, 0.15) is 11.9 Å². The number of hydrogen-bond acceptors (Lipinski definition) is 6. The van der Waals surface area contributed by atoms with Crippen LogP contribution in [-0.2, 0) is 14.3 Å². The van der Waals surface area contributed by atoms with Gasteiger partial charge in [-0.1, -0.05) is 6.92 Å². The van der Waals surface area contributed by atoms with Crippen molar-refractivity contribution in [2.45, 2.75) is 44.5 Å². The molecule has 0 saturated carbocycles. The Hall–Kier alpha value is -2.63. The fraction of sp³-hybridized carbons (Fsp3) is 0.609. The lowest BCUT2D eigenvalue weighted by molar-refractivity contribution is -0.152. The smallest absolute Gasteiger partial charge is 0.257 e. The van der Waals surface area contributed by atoms with Crippen molar-refractivity contribution in [2.75, 3.05) is 40.9 Å². The summed E-state index contributed by atoms with van der Waals surface area (Å²) < 4.78 is 17.8. The van der Waals surface area contributed by atoms with Crippen molar-refractivity contribution in [3.8, 4) is 11.8 Å². The highest BCUT2D eigenvalue weighted by Gasteiger charge is 2.34. The lowest BCUT2D eigenvalue weighted by Gasteiger charge is -2.38. The highest BCUT2D eigenvalue weighted by Crippen LogP contribution is 2.27. The molecule has 168 valence electrons. The summed E-state index contributed by atoms with van der Waals surface area (Å²) in [6.45, 7) is 2.88. The summed E-state index contributed by atoms with van der Waals surface area (Å²) in [5, 5.41) is 9.25. The first-order valence-electron chi connectivity index (χ1n) is 10.7. The summed E-state index contributed by atoms with van der Waals surface area (Å²) in [5.41, 5.74) is 0.709. The quantitative estimate of drug-likeness (QED) is 0.679. The number of nitrogens with zero attached hydrogens (tertiary/aromatic N) is 3. The number of fused-ring (bicyclic) bond motifs is 3. The molecule has 31 heavy (non-hydrogen) atoms. The van der Waals surface area contributed by atoms with Gasteiger partial charge >= 0.3 is 0 Å². The molecule has 0 spiro atoms. The molecule has 2 bridgehead atoms. The van der Waals surface area contributed by atoms with E-state index < -0.39 is 5.92 Å². The number of carbonyl (C=O) groups is 2. The van der Waals surface area contributed by atoms with E-state index in [1.807, 2.05) is 6.92 Å². The van der Waals surface area contributed by atoms with Crippen molar-refractivity contribution in [1.29, 1.82) is 5.26 Å². The largest absolute Gasteiger partial charge is 0.493 e. The van der Waals surface area contributed by atoms with Gasteiger partial charge in [0.25, 0.3) is 5.91 Å². The van der Waals surface area contributed by atoms with E-state index in [0.29, 0.717) is 36.4 Å². The van der Waals surface area contributed by atoms with Gasteiger partial charge < -0.3 is 24.0 Å². The Kier molecular flexibility index (Phi) is 7.52.